The van der Waals surface area contributed by atoms with Gasteiger partial charge in [0, 0.05) is 12.1 Å². The standard InChI is InChI=1S/C15H19N/c1-15(2,3)13-10-12-7-5-4-6-11(12)8-9-14(13)16/h4-8,10H,9,16H2,1-3H3. The SMILES string of the molecule is CC(C)(C)C1=C(N)CC=c2ccccc2=C1. The van der Waals surface area contributed by atoms with Crippen molar-refractivity contribution < 1.29 is 0 Å². The Balaban J connectivity index is 2.69. The Morgan fingerprint density at radius 3 is 2.31 bits per heavy atom. The third kappa shape index (κ3) is 2.04. The van der Waals surface area contributed by atoms with E-state index >= 15 is 0 Å². The molecule has 0 amide bonds. The highest BCUT2D eigenvalue weighted by molar-refractivity contribution is 5.56. The van der Waals surface area contributed by atoms with Crippen molar-refractivity contribution >= 4 is 12.2 Å². The summed E-state index contributed by atoms with van der Waals surface area (Å²) in [5, 5.41) is 2.55. The van der Waals surface area contributed by atoms with Gasteiger partial charge in [0.2, 0.25) is 0 Å². The number of hydrogen-bond acceptors (Lipinski definition) is 1. The van der Waals surface area contributed by atoms with Crippen molar-refractivity contribution in [3.8, 4) is 0 Å². The van der Waals surface area contributed by atoms with Gasteiger partial charge in [0.1, 0.15) is 0 Å². The van der Waals surface area contributed by atoms with Gasteiger partial charge in [0.15, 0.2) is 0 Å². The minimum absolute atomic E-state index is 0.107. The fourth-order valence-corrected chi connectivity index (χ4v) is 2.10. The molecule has 0 bridgehead atoms. The first kappa shape index (κ1) is 11.0. The van der Waals surface area contributed by atoms with E-state index in [1.165, 1.54) is 16.0 Å². The second kappa shape index (κ2) is 3.82. The van der Waals surface area contributed by atoms with E-state index in [0.717, 1.165) is 12.1 Å². The first-order chi connectivity index (χ1) is 7.48. The summed E-state index contributed by atoms with van der Waals surface area (Å²) in [5.41, 5.74) is 8.52. The van der Waals surface area contributed by atoms with Crippen LogP contribution in [-0.4, -0.2) is 0 Å². The van der Waals surface area contributed by atoms with E-state index in [2.05, 4.69) is 57.2 Å². The largest absolute Gasteiger partial charge is 0.402 e. The molecule has 84 valence electrons. The van der Waals surface area contributed by atoms with E-state index in [0.29, 0.717) is 0 Å². The zero-order chi connectivity index (χ0) is 11.8. The fraction of sp³-hybridized carbons (Fsp3) is 0.333. The van der Waals surface area contributed by atoms with Crippen LogP contribution in [0.5, 0.6) is 0 Å². The monoisotopic (exact) mass is 213 g/mol. The normalized spacial score (nSPS) is 15.9. The highest BCUT2D eigenvalue weighted by Gasteiger charge is 2.18. The van der Waals surface area contributed by atoms with Gasteiger partial charge in [-0.3, -0.25) is 0 Å². The molecule has 1 aliphatic carbocycles. The first-order valence-electron chi connectivity index (χ1n) is 5.74. The van der Waals surface area contributed by atoms with E-state index < -0.39 is 0 Å². The molecule has 1 heteroatoms. The van der Waals surface area contributed by atoms with Crippen molar-refractivity contribution in [2.75, 3.05) is 0 Å². The highest BCUT2D eigenvalue weighted by atomic mass is 14.6. The summed E-state index contributed by atoms with van der Waals surface area (Å²) in [7, 11) is 0. The van der Waals surface area contributed by atoms with Crippen LogP contribution in [0.3, 0.4) is 0 Å². The average molecular weight is 213 g/mol. The second-order valence-electron chi connectivity index (χ2n) is 5.37. The maximum absolute atomic E-state index is 6.16. The Kier molecular flexibility index (Phi) is 2.63. The van der Waals surface area contributed by atoms with Crippen molar-refractivity contribution in [1.82, 2.24) is 0 Å². The first-order valence-corrected chi connectivity index (χ1v) is 5.74. The summed E-state index contributed by atoms with van der Waals surface area (Å²) in [6, 6.07) is 8.44. The van der Waals surface area contributed by atoms with Gasteiger partial charge in [-0.25, -0.2) is 0 Å². The molecule has 16 heavy (non-hydrogen) atoms. The quantitative estimate of drug-likeness (QED) is 0.700. The van der Waals surface area contributed by atoms with Gasteiger partial charge in [-0.1, -0.05) is 51.1 Å². The van der Waals surface area contributed by atoms with Crippen LogP contribution in [0.2, 0.25) is 0 Å². The maximum Gasteiger partial charge on any atom is 0.0157 e. The molecule has 1 aromatic rings. The van der Waals surface area contributed by atoms with Gasteiger partial charge in [0.05, 0.1) is 0 Å². The Bertz CT molecular complexity index is 542. The molecule has 1 aromatic carbocycles. The molecule has 2 N–H and O–H groups in total. The van der Waals surface area contributed by atoms with Crippen molar-refractivity contribution in [2.24, 2.45) is 11.1 Å². The molecule has 0 atom stereocenters. The lowest BCUT2D eigenvalue weighted by Crippen LogP contribution is -2.24. The van der Waals surface area contributed by atoms with Crippen molar-refractivity contribution in [3.63, 3.8) is 0 Å². The molecule has 1 nitrogen and oxygen atoms in total. The molecule has 0 radical (unpaired) electrons. The molecule has 0 unspecified atom stereocenters. The predicted molar refractivity (Wildman–Crippen MR) is 69.9 cm³/mol. The molecule has 0 fully saturated rings. The lowest BCUT2D eigenvalue weighted by molar-refractivity contribution is 0.517. The summed E-state index contributed by atoms with van der Waals surface area (Å²) in [5.74, 6) is 0. The molecule has 0 aliphatic heterocycles. The third-order valence-corrected chi connectivity index (χ3v) is 2.99. The van der Waals surface area contributed by atoms with E-state index in [1.54, 1.807) is 0 Å². The van der Waals surface area contributed by atoms with Gasteiger partial charge < -0.3 is 5.73 Å². The number of nitrogens with two attached hydrogens (primary N) is 1. The van der Waals surface area contributed by atoms with Crippen LogP contribution in [-0.2, 0) is 0 Å². The molecular formula is C15H19N. The minimum atomic E-state index is 0.107. The molecule has 2 rings (SSSR count). The smallest absolute Gasteiger partial charge is 0.0157 e. The number of allylic oxidation sites excluding steroid dienone is 2. The van der Waals surface area contributed by atoms with Crippen LogP contribution >= 0.6 is 0 Å². The van der Waals surface area contributed by atoms with Crippen LogP contribution in [0.15, 0.2) is 35.5 Å². The van der Waals surface area contributed by atoms with Crippen molar-refractivity contribution in [1.29, 1.82) is 0 Å². The summed E-state index contributed by atoms with van der Waals surface area (Å²) >= 11 is 0. The summed E-state index contributed by atoms with van der Waals surface area (Å²) in [6.07, 6.45) is 5.29. The van der Waals surface area contributed by atoms with Crippen LogP contribution in [0.1, 0.15) is 27.2 Å². The van der Waals surface area contributed by atoms with E-state index in [9.17, 15) is 0 Å². The van der Waals surface area contributed by atoms with E-state index in [-0.39, 0.29) is 5.41 Å². The van der Waals surface area contributed by atoms with Crippen LogP contribution < -0.4 is 16.2 Å². The number of rotatable bonds is 0. The molecule has 0 saturated heterocycles. The van der Waals surface area contributed by atoms with Crippen LogP contribution in [0.4, 0.5) is 0 Å². The van der Waals surface area contributed by atoms with Crippen LogP contribution in [0.25, 0.3) is 12.2 Å². The van der Waals surface area contributed by atoms with Gasteiger partial charge in [0.25, 0.3) is 0 Å². The molecule has 0 aromatic heterocycles. The Morgan fingerprint density at radius 1 is 1.06 bits per heavy atom. The topological polar surface area (TPSA) is 26.0 Å². The zero-order valence-electron chi connectivity index (χ0n) is 10.2. The number of fused-ring (bicyclic) bond motifs is 1. The average Bonchev–Trinajstić information content (AvgIpc) is 2.38. The van der Waals surface area contributed by atoms with Crippen molar-refractivity contribution in [3.05, 3.63) is 46.0 Å². The summed E-state index contributed by atoms with van der Waals surface area (Å²) in [4.78, 5) is 0. The maximum atomic E-state index is 6.16. The molecule has 0 heterocycles. The van der Waals surface area contributed by atoms with Gasteiger partial charge in [-0.05, 0) is 27.5 Å². The summed E-state index contributed by atoms with van der Waals surface area (Å²) < 4.78 is 0. The number of benzene rings is 1. The van der Waals surface area contributed by atoms with E-state index in [4.69, 9.17) is 5.73 Å². The predicted octanol–water partition coefficient (Wildman–Crippen LogP) is 1.91. The van der Waals surface area contributed by atoms with Gasteiger partial charge in [-0.2, -0.15) is 0 Å². The molecular weight excluding hydrogens is 194 g/mol. The minimum Gasteiger partial charge on any atom is -0.402 e. The zero-order valence-corrected chi connectivity index (χ0v) is 10.2. The summed E-state index contributed by atoms with van der Waals surface area (Å²) in [6.45, 7) is 6.62. The molecule has 0 spiro atoms. The number of hydrogen-bond donors (Lipinski definition) is 1. The Morgan fingerprint density at radius 2 is 1.69 bits per heavy atom. The highest BCUT2D eigenvalue weighted by Crippen LogP contribution is 2.29. The second-order valence-corrected chi connectivity index (χ2v) is 5.37. The molecule has 1 aliphatic rings. The third-order valence-electron chi connectivity index (χ3n) is 2.99. The van der Waals surface area contributed by atoms with Gasteiger partial charge in [-0.15, -0.1) is 0 Å². The fourth-order valence-electron chi connectivity index (χ4n) is 2.10. The molecule has 0 saturated carbocycles. The van der Waals surface area contributed by atoms with E-state index in [1.807, 2.05) is 0 Å². The Labute approximate surface area is 97.0 Å². The lowest BCUT2D eigenvalue weighted by atomic mass is 9.84. The lowest BCUT2D eigenvalue weighted by Gasteiger charge is -2.22. The van der Waals surface area contributed by atoms with Crippen molar-refractivity contribution in [2.45, 2.75) is 27.2 Å². The van der Waals surface area contributed by atoms with Crippen LogP contribution in [0, 0.1) is 5.41 Å². The van der Waals surface area contributed by atoms with Gasteiger partial charge >= 0.3 is 0 Å². The Hall–Kier alpha value is -1.50.